The van der Waals surface area contributed by atoms with Gasteiger partial charge in [0, 0.05) is 0 Å². The van der Waals surface area contributed by atoms with Crippen LogP contribution >= 0.6 is 0 Å². The molecule has 0 aromatic carbocycles. The van der Waals surface area contributed by atoms with E-state index < -0.39 is 12.1 Å². The lowest BCUT2D eigenvalue weighted by Gasteiger charge is -2.40. The van der Waals surface area contributed by atoms with E-state index in [1.54, 1.807) is 4.90 Å². The summed E-state index contributed by atoms with van der Waals surface area (Å²) < 4.78 is 5.56. The molecule has 3 unspecified atom stereocenters. The van der Waals surface area contributed by atoms with Crippen LogP contribution < -0.4 is 5.32 Å². The fourth-order valence-corrected chi connectivity index (χ4v) is 2.74. The van der Waals surface area contributed by atoms with Crippen molar-refractivity contribution in [2.45, 2.75) is 59.2 Å². The molecule has 5 heteroatoms. The summed E-state index contributed by atoms with van der Waals surface area (Å²) in [7, 11) is 0. The normalized spacial score (nSPS) is 24.1. The van der Waals surface area contributed by atoms with Gasteiger partial charge >= 0.3 is 0 Å². The van der Waals surface area contributed by atoms with Crippen molar-refractivity contribution in [1.29, 1.82) is 0 Å². The minimum Gasteiger partial charge on any atom is -0.464 e. The van der Waals surface area contributed by atoms with Gasteiger partial charge in [0.1, 0.15) is 23.6 Å². The molecule has 116 valence electrons. The molecular weight excluding hydrogens is 268 g/mol. The number of nitrogens with zero attached hydrogens (tertiary/aromatic N) is 1. The van der Waals surface area contributed by atoms with E-state index in [1.807, 2.05) is 39.8 Å². The van der Waals surface area contributed by atoms with Crippen molar-refractivity contribution < 1.29 is 14.0 Å². The molecule has 0 radical (unpaired) electrons. The Labute approximate surface area is 125 Å². The van der Waals surface area contributed by atoms with E-state index in [9.17, 15) is 9.59 Å². The van der Waals surface area contributed by atoms with Crippen LogP contribution in [0.1, 0.15) is 45.1 Å². The fourth-order valence-electron chi connectivity index (χ4n) is 2.74. The second-order valence-corrected chi connectivity index (χ2v) is 5.77. The van der Waals surface area contributed by atoms with E-state index >= 15 is 0 Å². The molecule has 5 nitrogen and oxygen atoms in total. The third-order valence-corrected chi connectivity index (χ3v) is 4.25. The van der Waals surface area contributed by atoms with Crippen LogP contribution in [0.5, 0.6) is 0 Å². The third kappa shape index (κ3) is 3.12. The Morgan fingerprint density at radius 2 is 2.05 bits per heavy atom. The lowest BCUT2D eigenvalue weighted by molar-refractivity contribution is -0.152. The molecule has 2 rings (SSSR count). The summed E-state index contributed by atoms with van der Waals surface area (Å²) in [5, 5.41) is 2.88. The largest absolute Gasteiger partial charge is 0.464 e. The average molecular weight is 292 g/mol. The van der Waals surface area contributed by atoms with Crippen molar-refractivity contribution in [1.82, 2.24) is 10.2 Å². The first-order valence-electron chi connectivity index (χ1n) is 7.64. The molecule has 1 aromatic heterocycles. The average Bonchev–Trinajstić information content (AvgIpc) is 2.87. The number of hydrogen-bond acceptors (Lipinski definition) is 3. The van der Waals surface area contributed by atoms with Gasteiger partial charge in [-0.25, -0.2) is 0 Å². The van der Waals surface area contributed by atoms with Gasteiger partial charge < -0.3 is 14.6 Å². The zero-order chi connectivity index (χ0) is 15.6. The maximum atomic E-state index is 12.7. The molecular formula is C16H24N2O3. The Balaban J connectivity index is 2.24. The van der Waals surface area contributed by atoms with E-state index in [0.29, 0.717) is 13.0 Å². The van der Waals surface area contributed by atoms with E-state index in [-0.39, 0.29) is 17.7 Å². The maximum Gasteiger partial charge on any atom is 0.246 e. The molecule has 0 bridgehead atoms. The first-order valence-corrected chi connectivity index (χ1v) is 7.64. The molecule has 1 N–H and O–H groups in total. The van der Waals surface area contributed by atoms with Crippen LogP contribution in [-0.2, 0) is 16.1 Å². The highest BCUT2D eigenvalue weighted by Crippen LogP contribution is 2.22. The van der Waals surface area contributed by atoms with Crippen LogP contribution in [0.4, 0.5) is 0 Å². The minimum atomic E-state index is -0.429. The molecule has 1 aliphatic heterocycles. The number of carbonyl (C=O) groups is 2. The number of carbonyl (C=O) groups excluding carboxylic acids is 2. The van der Waals surface area contributed by atoms with Crippen molar-refractivity contribution in [3.8, 4) is 0 Å². The first kappa shape index (κ1) is 15.6. The van der Waals surface area contributed by atoms with Crippen LogP contribution in [0, 0.1) is 12.8 Å². The van der Waals surface area contributed by atoms with Gasteiger partial charge in [-0.1, -0.05) is 27.2 Å². The zero-order valence-electron chi connectivity index (χ0n) is 13.2. The highest BCUT2D eigenvalue weighted by atomic mass is 16.3. The van der Waals surface area contributed by atoms with Crippen LogP contribution in [0.2, 0.25) is 0 Å². The molecule has 3 atom stereocenters. The smallest absolute Gasteiger partial charge is 0.246 e. The van der Waals surface area contributed by atoms with Gasteiger partial charge in [0.05, 0.1) is 6.54 Å². The van der Waals surface area contributed by atoms with Crippen molar-refractivity contribution in [3.05, 3.63) is 23.7 Å². The van der Waals surface area contributed by atoms with E-state index in [0.717, 1.165) is 17.9 Å². The summed E-state index contributed by atoms with van der Waals surface area (Å²) in [5.74, 6) is 1.58. The summed E-state index contributed by atoms with van der Waals surface area (Å²) in [4.78, 5) is 26.7. The molecule has 1 fully saturated rings. The second-order valence-electron chi connectivity index (χ2n) is 5.77. The van der Waals surface area contributed by atoms with Gasteiger partial charge in [0.25, 0.3) is 0 Å². The van der Waals surface area contributed by atoms with Crippen molar-refractivity contribution >= 4 is 11.8 Å². The molecule has 21 heavy (non-hydrogen) atoms. The molecule has 0 aliphatic carbocycles. The topological polar surface area (TPSA) is 62.6 Å². The van der Waals surface area contributed by atoms with Crippen molar-refractivity contribution in [3.63, 3.8) is 0 Å². The Morgan fingerprint density at radius 1 is 1.33 bits per heavy atom. The second kappa shape index (κ2) is 6.33. The molecule has 1 saturated heterocycles. The summed E-state index contributed by atoms with van der Waals surface area (Å²) >= 11 is 0. The lowest BCUT2D eigenvalue weighted by Crippen LogP contribution is -2.64. The summed E-state index contributed by atoms with van der Waals surface area (Å²) in [6.07, 6.45) is 1.45. The Kier molecular flexibility index (Phi) is 4.70. The van der Waals surface area contributed by atoms with Gasteiger partial charge in [-0.2, -0.15) is 0 Å². The Bertz CT molecular complexity index is 523. The van der Waals surface area contributed by atoms with Crippen LogP contribution in [0.3, 0.4) is 0 Å². The number of furan rings is 1. The minimum absolute atomic E-state index is 0.00940. The van der Waals surface area contributed by atoms with E-state index in [4.69, 9.17) is 4.42 Å². The molecule has 1 aliphatic rings. The van der Waals surface area contributed by atoms with Gasteiger partial charge in [0.2, 0.25) is 11.8 Å². The van der Waals surface area contributed by atoms with Crippen LogP contribution in [0.25, 0.3) is 0 Å². The maximum absolute atomic E-state index is 12.7. The molecule has 2 amide bonds. The highest BCUT2D eigenvalue weighted by molar-refractivity contribution is 5.97. The van der Waals surface area contributed by atoms with Crippen LogP contribution in [0.15, 0.2) is 16.5 Å². The monoisotopic (exact) mass is 292 g/mol. The SMILES string of the molecule is CCC(C)C1NC(=O)C(CC)N(Cc2ccc(C)o2)C1=O. The van der Waals surface area contributed by atoms with Gasteiger partial charge in [-0.3, -0.25) is 9.59 Å². The number of piperazine rings is 1. The fraction of sp³-hybridized carbons (Fsp3) is 0.625. The highest BCUT2D eigenvalue weighted by Gasteiger charge is 2.41. The molecule has 0 spiro atoms. The summed E-state index contributed by atoms with van der Waals surface area (Å²) in [6, 6.07) is 2.89. The van der Waals surface area contributed by atoms with Crippen molar-refractivity contribution in [2.24, 2.45) is 5.92 Å². The van der Waals surface area contributed by atoms with E-state index in [1.165, 1.54) is 0 Å². The molecule has 1 aromatic rings. The Morgan fingerprint density at radius 3 is 2.57 bits per heavy atom. The standard InChI is InChI=1S/C16H24N2O3/c1-5-10(3)14-16(20)18(13(6-2)15(19)17-14)9-12-8-7-11(4)21-12/h7-8,10,13-14H,5-6,9H2,1-4H3,(H,17,19). The zero-order valence-corrected chi connectivity index (χ0v) is 13.2. The van der Waals surface area contributed by atoms with E-state index in [2.05, 4.69) is 5.32 Å². The summed E-state index contributed by atoms with van der Waals surface area (Å²) in [5.41, 5.74) is 0. The predicted octanol–water partition coefficient (Wildman–Crippen LogP) is 2.24. The molecule has 2 heterocycles. The number of aryl methyl sites for hydroxylation is 1. The lowest BCUT2D eigenvalue weighted by atomic mass is 9.93. The van der Waals surface area contributed by atoms with Crippen LogP contribution in [-0.4, -0.2) is 28.8 Å². The van der Waals surface area contributed by atoms with Gasteiger partial charge in [-0.15, -0.1) is 0 Å². The van der Waals surface area contributed by atoms with Gasteiger partial charge in [-0.05, 0) is 31.4 Å². The number of nitrogens with one attached hydrogen (secondary N) is 1. The Hall–Kier alpha value is -1.78. The number of rotatable bonds is 5. The van der Waals surface area contributed by atoms with Crippen molar-refractivity contribution in [2.75, 3.05) is 0 Å². The quantitative estimate of drug-likeness (QED) is 0.905. The first-order chi connectivity index (χ1) is 9.97. The predicted molar refractivity (Wildman–Crippen MR) is 79.5 cm³/mol. The van der Waals surface area contributed by atoms with Gasteiger partial charge in [0.15, 0.2) is 0 Å². The summed E-state index contributed by atoms with van der Waals surface area (Å²) in [6.45, 7) is 8.15. The number of amides is 2. The number of hydrogen-bond donors (Lipinski definition) is 1. The molecule has 0 saturated carbocycles. The third-order valence-electron chi connectivity index (χ3n) is 4.25.